The molecule has 0 amide bonds. The number of rotatable bonds is 3. The molecule has 4 nitrogen and oxygen atoms in total. The molecule has 1 aromatic heterocycles. The first kappa shape index (κ1) is 9.68. The third kappa shape index (κ3) is 1.81. The summed E-state index contributed by atoms with van der Waals surface area (Å²) < 4.78 is 5.06. The van der Waals surface area contributed by atoms with Crippen molar-refractivity contribution in [2.75, 3.05) is 0 Å². The van der Waals surface area contributed by atoms with Gasteiger partial charge in [0, 0.05) is 18.2 Å². The van der Waals surface area contributed by atoms with E-state index >= 15 is 0 Å². The van der Waals surface area contributed by atoms with Gasteiger partial charge in [0.25, 0.3) is 0 Å². The zero-order chi connectivity index (χ0) is 10.1. The Morgan fingerprint density at radius 2 is 2.21 bits per heavy atom. The maximum Gasteiger partial charge on any atom is 0.138 e. The third-order valence-electron chi connectivity index (χ3n) is 2.86. The van der Waals surface area contributed by atoms with Crippen LogP contribution in [0.1, 0.15) is 29.9 Å². The van der Waals surface area contributed by atoms with Gasteiger partial charge >= 0.3 is 0 Å². The van der Waals surface area contributed by atoms with Crippen LogP contribution in [0.25, 0.3) is 0 Å². The van der Waals surface area contributed by atoms with Crippen LogP contribution >= 0.6 is 0 Å². The van der Waals surface area contributed by atoms with Crippen molar-refractivity contribution in [2.24, 2.45) is 0 Å². The van der Waals surface area contributed by atoms with Crippen LogP contribution in [0, 0.1) is 13.8 Å². The molecule has 2 rings (SSSR count). The zero-order valence-corrected chi connectivity index (χ0v) is 8.58. The van der Waals surface area contributed by atoms with Crippen molar-refractivity contribution in [2.45, 2.75) is 45.4 Å². The number of nitrogens with one attached hydrogen (secondary N) is 1. The fourth-order valence-electron chi connectivity index (χ4n) is 1.76. The van der Waals surface area contributed by atoms with Crippen molar-refractivity contribution in [3.05, 3.63) is 17.0 Å². The number of aliphatic hydroxyl groups is 1. The van der Waals surface area contributed by atoms with E-state index in [1.807, 2.05) is 13.8 Å². The van der Waals surface area contributed by atoms with E-state index in [1.165, 1.54) is 0 Å². The van der Waals surface area contributed by atoms with Crippen LogP contribution in [0.3, 0.4) is 0 Å². The Labute approximate surface area is 83.3 Å². The van der Waals surface area contributed by atoms with Gasteiger partial charge in [-0.05, 0) is 26.7 Å². The summed E-state index contributed by atoms with van der Waals surface area (Å²) in [4.78, 5) is 0. The van der Waals surface area contributed by atoms with Crippen molar-refractivity contribution < 1.29 is 9.63 Å². The highest BCUT2D eigenvalue weighted by molar-refractivity contribution is 5.20. The predicted octanol–water partition coefficient (Wildman–Crippen LogP) is 0.904. The first-order valence-corrected chi connectivity index (χ1v) is 5.00. The lowest BCUT2D eigenvalue weighted by Gasteiger charge is -2.32. The summed E-state index contributed by atoms with van der Waals surface area (Å²) in [6, 6.07) is 0.457. The number of aliphatic hydroxyl groups excluding tert-OH is 1. The monoisotopic (exact) mass is 196 g/mol. The highest BCUT2D eigenvalue weighted by atomic mass is 16.5. The standard InChI is InChI=1S/C10H16N2O2/c1-6-10(7(2)14-12-6)5-11-8-3-9(13)4-8/h8-9,11,13H,3-5H2,1-2H3. The van der Waals surface area contributed by atoms with Crippen LogP contribution in [-0.4, -0.2) is 22.4 Å². The highest BCUT2D eigenvalue weighted by Crippen LogP contribution is 2.20. The molecule has 0 radical (unpaired) electrons. The van der Waals surface area contributed by atoms with E-state index in [4.69, 9.17) is 9.63 Å². The molecule has 1 heterocycles. The summed E-state index contributed by atoms with van der Waals surface area (Å²) >= 11 is 0. The van der Waals surface area contributed by atoms with Crippen molar-refractivity contribution in [3.63, 3.8) is 0 Å². The molecule has 1 aliphatic carbocycles. The average Bonchev–Trinajstić information content (AvgIpc) is 2.40. The first-order chi connectivity index (χ1) is 6.66. The lowest BCUT2D eigenvalue weighted by Crippen LogP contribution is -2.43. The van der Waals surface area contributed by atoms with Crippen LogP contribution in [-0.2, 0) is 6.54 Å². The molecule has 1 aromatic rings. The van der Waals surface area contributed by atoms with Gasteiger partial charge in [-0.15, -0.1) is 0 Å². The van der Waals surface area contributed by atoms with E-state index in [2.05, 4.69) is 10.5 Å². The molecule has 1 saturated carbocycles. The second-order valence-electron chi connectivity index (χ2n) is 4.01. The molecule has 78 valence electrons. The summed E-state index contributed by atoms with van der Waals surface area (Å²) in [5.41, 5.74) is 2.10. The van der Waals surface area contributed by atoms with Gasteiger partial charge in [0.2, 0.25) is 0 Å². The smallest absolute Gasteiger partial charge is 0.138 e. The minimum atomic E-state index is -0.0998. The van der Waals surface area contributed by atoms with E-state index in [1.54, 1.807) is 0 Å². The maximum absolute atomic E-state index is 9.11. The lowest BCUT2D eigenvalue weighted by molar-refractivity contribution is 0.0619. The van der Waals surface area contributed by atoms with Gasteiger partial charge in [0.05, 0.1) is 11.8 Å². The Hall–Kier alpha value is -0.870. The largest absolute Gasteiger partial charge is 0.393 e. The van der Waals surface area contributed by atoms with Gasteiger partial charge in [-0.3, -0.25) is 0 Å². The molecular formula is C10H16N2O2. The molecule has 0 atom stereocenters. The van der Waals surface area contributed by atoms with Crippen molar-refractivity contribution >= 4 is 0 Å². The molecule has 0 unspecified atom stereocenters. The predicted molar refractivity (Wildman–Crippen MR) is 51.8 cm³/mol. The molecule has 0 bridgehead atoms. The van der Waals surface area contributed by atoms with E-state index in [0.717, 1.165) is 36.4 Å². The minimum absolute atomic E-state index is 0.0998. The van der Waals surface area contributed by atoms with Gasteiger partial charge < -0.3 is 14.9 Å². The molecule has 2 N–H and O–H groups in total. The highest BCUT2D eigenvalue weighted by Gasteiger charge is 2.26. The first-order valence-electron chi connectivity index (χ1n) is 5.00. The fraction of sp³-hybridized carbons (Fsp3) is 0.700. The van der Waals surface area contributed by atoms with Crippen LogP contribution in [0.5, 0.6) is 0 Å². The van der Waals surface area contributed by atoms with Gasteiger partial charge in [0.15, 0.2) is 0 Å². The number of aromatic nitrogens is 1. The number of aryl methyl sites for hydroxylation is 2. The van der Waals surface area contributed by atoms with Crippen molar-refractivity contribution in [1.29, 1.82) is 0 Å². The maximum atomic E-state index is 9.11. The van der Waals surface area contributed by atoms with E-state index in [-0.39, 0.29) is 6.10 Å². The third-order valence-corrected chi connectivity index (χ3v) is 2.86. The Morgan fingerprint density at radius 3 is 2.71 bits per heavy atom. The summed E-state index contributed by atoms with van der Waals surface area (Å²) in [7, 11) is 0. The molecule has 0 saturated heterocycles. The normalized spacial score (nSPS) is 26.2. The second-order valence-corrected chi connectivity index (χ2v) is 4.01. The molecule has 14 heavy (non-hydrogen) atoms. The Bertz CT molecular complexity index is 296. The summed E-state index contributed by atoms with van der Waals surface area (Å²) in [5, 5.41) is 16.4. The quantitative estimate of drug-likeness (QED) is 0.754. The molecule has 0 aromatic carbocycles. The Kier molecular flexibility index (Phi) is 2.56. The van der Waals surface area contributed by atoms with Gasteiger partial charge in [-0.1, -0.05) is 5.16 Å². The fourth-order valence-corrected chi connectivity index (χ4v) is 1.76. The van der Waals surface area contributed by atoms with Gasteiger partial charge in [0.1, 0.15) is 5.76 Å². The molecule has 1 fully saturated rings. The minimum Gasteiger partial charge on any atom is -0.393 e. The van der Waals surface area contributed by atoms with Crippen LogP contribution in [0.2, 0.25) is 0 Å². The number of hydrogen-bond acceptors (Lipinski definition) is 4. The second kappa shape index (κ2) is 3.71. The molecule has 0 spiro atoms. The Morgan fingerprint density at radius 1 is 1.50 bits per heavy atom. The van der Waals surface area contributed by atoms with Gasteiger partial charge in [-0.2, -0.15) is 0 Å². The van der Waals surface area contributed by atoms with Crippen LogP contribution in [0.4, 0.5) is 0 Å². The lowest BCUT2D eigenvalue weighted by atomic mass is 9.89. The molecule has 0 aliphatic heterocycles. The van der Waals surface area contributed by atoms with Crippen LogP contribution in [0.15, 0.2) is 4.52 Å². The molecular weight excluding hydrogens is 180 g/mol. The number of nitrogens with zero attached hydrogens (tertiary/aromatic N) is 1. The molecule has 1 aliphatic rings. The summed E-state index contributed by atoms with van der Waals surface area (Å²) in [6.07, 6.45) is 1.63. The molecule has 4 heteroatoms. The van der Waals surface area contributed by atoms with E-state index < -0.39 is 0 Å². The Balaban J connectivity index is 1.86. The SMILES string of the molecule is Cc1noc(C)c1CNC1CC(O)C1. The zero-order valence-electron chi connectivity index (χ0n) is 8.58. The number of hydrogen-bond donors (Lipinski definition) is 2. The van der Waals surface area contributed by atoms with Crippen molar-refractivity contribution in [1.82, 2.24) is 10.5 Å². The van der Waals surface area contributed by atoms with Gasteiger partial charge in [-0.25, -0.2) is 0 Å². The van der Waals surface area contributed by atoms with E-state index in [0.29, 0.717) is 6.04 Å². The van der Waals surface area contributed by atoms with E-state index in [9.17, 15) is 0 Å². The summed E-state index contributed by atoms with van der Waals surface area (Å²) in [5.74, 6) is 0.884. The topological polar surface area (TPSA) is 58.3 Å². The summed E-state index contributed by atoms with van der Waals surface area (Å²) in [6.45, 7) is 4.66. The van der Waals surface area contributed by atoms with Crippen LogP contribution < -0.4 is 5.32 Å². The average molecular weight is 196 g/mol. The van der Waals surface area contributed by atoms with Crippen molar-refractivity contribution in [3.8, 4) is 0 Å².